The standard InChI is InChI=1S/C8H8N2O3S/c9-7(8(10)11)5-1-3-6(4-2-5)14(12)13/h1-4,9H,(H2,10,11)(H,12,13)/p+1. The van der Waals surface area contributed by atoms with Crippen LogP contribution in [0.25, 0.3) is 0 Å². The number of hydrogen-bond acceptors (Lipinski definition) is 3. The molecule has 4 N–H and O–H groups in total. The van der Waals surface area contributed by atoms with Crippen LogP contribution >= 0.6 is 0 Å². The first-order valence-electron chi connectivity index (χ1n) is 3.67. The minimum absolute atomic E-state index is 0.251. The Kier molecular flexibility index (Phi) is 3.10. The highest BCUT2D eigenvalue weighted by atomic mass is 32.2. The van der Waals surface area contributed by atoms with Crippen molar-refractivity contribution in [2.75, 3.05) is 0 Å². The van der Waals surface area contributed by atoms with E-state index in [9.17, 15) is 9.00 Å². The first kappa shape index (κ1) is 10.6. The van der Waals surface area contributed by atoms with E-state index in [4.69, 9.17) is 15.7 Å². The van der Waals surface area contributed by atoms with Gasteiger partial charge in [0, 0.05) is 5.56 Å². The van der Waals surface area contributed by atoms with Crippen LogP contribution in [-0.2, 0) is 20.1 Å². The van der Waals surface area contributed by atoms with Crippen LogP contribution in [0.1, 0.15) is 5.56 Å². The molecule has 0 saturated carbocycles. The quantitative estimate of drug-likeness (QED) is 0.376. The molecule has 0 aromatic heterocycles. The van der Waals surface area contributed by atoms with E-state index >= 15 is 0 Å². The van der Waals surface area contributed by atoms with Gasteiger partial charge in [-0.05, 0) is 24.3 Å². The minimum atomic E-state index is -2.38. The van der Waals surface area contributed by atoms with E-state index in [0.29, 0.717) is 5.56 Å². The first-order chi connectivity index (χ1) is 6.52. The van der Waals surface area contributed by atoms with Gasteiger partial charge in [0.25, 0.3) is 5.91 Å². The normalized spacial score (nSPS) is 12.1. The molecule has 1 aromatic rings. The zero-order chi connectivity index (χ0) is 10.7. The molecule has 0 radical (unpaired) electrons. The smallest absolute Gasteiger partial charge is 0.267 e. The monoisotopic (exact) mass is 213 g/mol. The summed E-state index contributed by atoms with van der Waals surface area (Å²) >= 11 is -2.38. The lowest BCUT2D eigenvalue weighted by Gasteiger charge is -1.97. The number of nitrogens with two attached hydrogens (primary N) is 1. The van der Waals surface area contributed by atoms with E-state index < -0.39 is 17.0 Å². The van der Waals surface area contributed by atoms with Crippen LogP contribution in [0.5, 0.6) is 0 Å². The van der Waals surface area contributed by atoms with Crippen LogP contribution in [0.3, 0.4) is 0 Å². The van der Waals surface area contributed by atoms with Crippen molar-refractivity contribution in [2.24, 2.45) is 5.73 Å². The van der Waals surface area contributed by atoms with Gasteiger partial charge in [-0.15, -0.1) is 0 Å². The van der Waals surface area contributed by atoms with E-state index in [0.717, 1.165) is 0 Å². The van der Waals surface area contributed by atoms with Crippen LogP contribution in [-0.4, -0.2) is 16.2 Å². The van der Waals surface area contributed by atoms with Gasteiger partial charge in [0.2, 0.25) is 11.1 Å². The molecular formula is C8H9N2O3S+. The van der Waals surface area contributed by atoms with E-state index in [1.54, 1.807) is 0 Å². The Hall–Kier alpha value is -1.53. The van der Waals surface area contributed by atoms with Gasteiger partial charge in [-0.3, -0.25) is 10.2 Å². The number of carbonyl (C=O) groups excluding carboxylic acids is 1. The summed E-state index contributed by atoms with van der Waals surface area (Å²) in [6.07, 6.45) is 0. The second-order valence-electron chi connectivity index (χ2n) is 2.56. The SMILES string of the molecule is N=C(C(N)=O)c1ccc([SH+](=O)O)cc1. The van der Waals surface area contributed by atoms with Crippen molar-refractivity contribution in [1.82, 2.24) is 0 Å². The van der Waals surface area contributed by atoms with Crippen molar-refractivity contribution in [2.45, 2.75) is 4.90 Å². The number of thiol groups is 1. The Bertz CT molecular complexity index is 400. The predicted octanol–water partition coefficient (Wildman–Crippen LogP) is 0.0678. The molecule has 1 aromatic carbocycles. The fourth-order valence-corrected chi connectivity index (χ4v) is 1.30. The minimum Gasteiger partial charge on any atom is -0.364 e. The van der Waals surface area contributed by atoms with Gasteiger partial charge in [-0.1, -0.05) is 4.21 Å². The third-order valence-electron chi connectivity index (χ3n) is 1.62. The first-order valence-corrected chi connectivity index (χ1v) is 4.88. The van der Waals surface area contributed by atoms with E-state index in [2.05, 4.69) is 0 Å². The number of hydrogen-bond donors (Lipinski definition) is 3. The van der Waals surface area contributed by atoms with Crippen LogP contribution < -0.4 is 5.73 Å². The number of amides is 1. The van der Waals surface area contributed by atoms with Crippen molar-refractivity contribution >= 4 is 22.7 Å². The molecule has 0 aliphatic carbocycles. The molecule has 1 atom stereocenters. The average molecular weight is 213 g/mol. The number of carbonyl (C=O) groups is 1. The molecule has 0 aliphatic rings. The van der Waals surface area contributed by atoms with Crippen LogP contribution in [0.2, 0.25) is 0 Å². The van der Waals surface area contributed by atoms with Gasteiger partial charge in [-0.2, -0.15) is 4.55 Å². The third-order valence-corrected chi connectivity index (χ3v) is 2.36. The molecule has 0 heterocycles. The molecule has 0 saturated heterocycles. The summed E-state index contributed by atoms with van der Waals surface area (Å²) in [6.45, 7) is 0. The Labute approximate surface area is 82.7 Å². The third kappa shape index (κ3) is 2.24. The second kappa shape index (κ2) is 4.12. The van der Waals surface area contributed by atoms with Crippen LogP contribution in [0.4, 0.5) is 0 Å². The summed E-state index contributed by atoms with van der Waals surface area (Å²) in [4.78, 5) is 10.9. The zero-order valence-corrected chi connectivity index (χ0v) is 7.99. The molecule has 0 spiro atoms. The van der Waals surface area contributed by atoms with Gasteiger partial charge in [0.1, 0.15) is 5.71 Å². The number of benzene rings is 1. The summed E-state index contributed by atoms with van der Waals surface area (Å²) < 4.78 is 19.3. The van der Waals surface area contributed by atoms with Crippen molar-refractivity contribution in [3.8, 4) is 0 Å². The molecule has 1 amide bonds. The molecule has 0 fully saturated rings. The molecule has 14 heavy (non-hydrogen) atoms. The lowest BCUT2D eigenvalue weighted by Crippen LogP contribution is -2.23. The highest BCUT2D eigenvalue weighted by Gasteiger charge is 2.10. The Morgan fingerprint density at radius 3 is 2.21 bits per heavy atom. The number of primary amides is 1. The molecule has 6 heteroatoms. The van der Waals surface area contributed by atoms with E-state index in [-0.39, 0.29) is 10.6 Å². The highest BCUT2D eigenvalue weighted by molar-refractivity contribution is 7.79. The topological polar surface area (TPSA) is 104 Å². The number of nitrogens with one attached hydrogen (secondary N) is 1. The predicted molar refractivity (Wildman–Crippen MR) is 52.8 cm³/mol. The fourth-order valence-electron chi connectivity index (χ4n) is 0.898. The zero-order valence-electron chi connectivity index (χ0n) is 7.10. The summed E-state index contributed by atoms with van der Waals surface area (Å²) in [5.41, 5.74) is 4.91. The molecule has 0 aliphatic heterocycles. The fraction of sp³-hybridized carbons (Fsp3) is 0. The van der Waals surface area contributed by atoms with Crippen molar-refractivity contribution in [1.29, 1.82) is 5.41 Å². The molecule has 0 bridgehead atoms. The van der Waals surface area contributed by atoms with E-state index in [1.807, 2.05) is 0 Å². The maximum atomic E-state index is 10.6. The molecule has 1 rings (SSSR count). The molecule has 1 unspecified atom stereocenters. The summed E-state index contributed by atoms with van der Waals surface area (Å²) in [5, 5.41) is 7.25. The van der Waals surface area contributed by atoms with E-state index in [1.165, 1.54) is 24.3 Å². The maximum Gasteiger partial charge on any atom is 0.267 e. The highest BCUT2D eigenvalue weighted by Crippen LogP contribution is 2.07. The molecule has 74 valence electrons. The van der Waals surface area contributed by atoms with Crippen molar-refractivity contribution in [3.05, 3.63) is 29.8 Å². The van der Waals surface area contributed by atoms with Gasteiger partial charge >= 0.3 is 0 Å². The van der Waals surface area contributed by atoms with Crippen LogP contribution in [0, 0.1) is 5.41 Å². The molecule has 5 nitrogen and oxygen atoms in total. The molecular weight excluding hydrogens is 204 g/mol. The lowest BCUT2D eigenvalue weighted by atomic mass is 10.1. The largest absolute Gasteiger partial charge is 0.364 e. The number of rotatable bonds is 3. The van der Waals surface area contributed by atoms with Crippen LogP contribution in [0.15, 0.2) is 29.2 Å². The Morgan fingerprint density at radius 1 is 1.36 bits per heavy atom. The lowest BCUT2D eigenvalue weighted by molar-refractivity contribution is -0.112. The van der Waals surface area contributed by atoms with Gasteiger partial charge < -0.3 is 5.73 Å². The summed E-state index contributed by atoms with van der Waals surface area (Å²) in [5.74, 6) is -0.828. The van der Waals surface area contributed by atoms with Crippen molar-refractivity contribution < 1.29 is 13.6 Å². The Morgan fingerprint density at radius 2 is 1.86 bits per heavy atom. The second-order valence-corrected chi connectivity index (χ2v) is 3.62. The average Bonchev–Trinajstić information content (AvgIpc) is 2.16. The Balaban J connectivity index is 3.00. The summed E-state index contributed by atoms with van der Waals surface area (Å²) in [6, 6.07) is 5.58. The van der Waals surface area contributed by atoms with Gasteiger partial charge in [0.05, 0.1) is 0 Å². The maximum absolute atomic E-state index is 10.6. The summed E-state index contributed by atoms with van der Waals surface area (Å²) in [7, 11) is 0. The van der Waals surface area contributed by atoms with Gasteiger partial charge in [0.15, 0.2) is 4.90 Å². The van der Waals surface area contributed by atoms with Gasteiger partial charge in [-0.25, -0.2) is 0 Å². The van der Waals surface area contributed by atoms with Crippen molar-refractivity contribution in [3.63, 3.8) is 0 Å².